The van der Waals surface area contributed by atoms with E-state index in [1.807, 2.05) is 0 Å². The molecule has 0 spiro atoms. The molecule has 1 aromatic heterocycles. The summed E-state index contributed by atoms with van der Waals surface area (Å²) in [6.45, 7) is 0. The van der Waals surface area contributed by atoms with E-state index in [-0.39, 0.29) is 15.6 Å². The molecule has 7 nitrogen and oxygen atoms in total. The van der Waals surface area contributed by atoms with Gasteiger partial charge in [-0.2, -0.15) is 0 Å². The smallest absolute Gasteiger partial charge is 0.406 e. The number of thiazole rings is 1. The van der Waals surface area contributed by atoms with E-state index in [9.17, 15) is 26.4 Å². The van der Waals surface area contributed by atoms with Crippen LogP contribution in [0, 0.1) is 0 Å². The van der Waals surface area contributed by atoms with Gasteiger partial charge in [0.15, 0.2) is 5.13 Å². The van der Waals surface area contributed by atoms with Crippen molar-refractivity contribution in [2.24, 2.45) is 0 Å². The van der Waals surface area contributed by atoms with Crippen LogP contribution in [0.5, 0.6) is 5.75 Å². The quantitative estimate of drug-likeness (QED) is 0.647. The second kappa shape index (κ2) is 7.61. The molecule has 3 rings (SSSR count). The van der Waals surface area contributed by atoms with Gasteiger partial charge in [-0.25, -0.2) is 17.7 Å². The fourth-order valence-corrected chi connectivity index (χ4v) is 4.17. The van der Waals surface area contributed by atoms with Crippen LogP contribution in [0.1, 0.15) is 10.4 Å². The van der Waals surface area contributed by atoms with E-state index >= 15 is 0 Å². The molecule has 0 aliphatic rings. The van der Waals surface area contributed by atoms with Gasteiger partial charge in [0.25, 0.3) is 5.91 Å². The van der Waals surface area contributed by atoms with Crippen molar-refractivity contribution in [2.75, 3.05) is 19.4 Å². The number of benzene rings is 2. The number of carbonyl (C=O) groups is 1. The average Bonchev–Trinajstić information content (AvgIpc) is 3.01. The highest BCUT2D eigenvalue weighted by Crippen LogP contribution is 2.31. The van der Waals surface area contributed by atoms with Gasteiger partial charge < -0.3 is 4.74 Å². The Hall–Kier alpha value is -2.70. The fraction of sp³-hybridized carbons (Fsp3) is 0.176. The minimum Gasteiger partial charge on any atom is -0.406 e. The first-order valence-electron chi connectivity index (χ1n) is 7.96. The summed E-state index contributed by atoms with van der Waals surface area (Å²) in [5.41, 5.74) is 0.469. The van der Waals surface area contributed by atoms with Gasteiger partial charge in [0.05, 0.1) is 15.1 Å². The average molecular weight is 445 g/mol. The molecule has 0 saturated heterocycles. The maximum absolute atomic E-state index is 12.5. The molecule has 0 aliphatic carbocycles. The third kappa shape index (κ3) is 4.83. The predicted molar refractivity (Wildman–Crippen MR) is 102 cm³/mol. The van der Waals surface area contributed by atoms with Crippen LogP contribution in [0.2, 0.25) is 0 Å². The molecule has 0 fully saturated rings. The third-order valence-electron chi connectivity index (χ3n) is 3.69. The minimum atomic E-state index is -4.81. The Morgan fingerprint density at radius 2 is 1.90 bits per heavy atom. The number of anilines is 1. The third-order valence-corrected chi connectivity index (χ3v) is 6.43. The van der Waals surface area contributed by atoms with Gasteiger partial charge in [-0.3, -0.25) is 10.1 Å². The lowest BCUT2D eigenvalue weighted by Gasteiger charge is -2.12. The van der Waals surface area contributed by atoms with Gasteiger partial charge in [-0.05, 0) is 30.3 Å². The number of sulfonamides is 1. The van der Waals surface area contributed by atoms with Crippen molar-refractivity contribution in [3.63, 3.8) is 0 Å². The Labute approximate surface area is 167 Å². The molecule has 0 radical (unpaired) electrons. The zero-order chi connectivity index (χ0) is 21.4. The van der Waals surface area contributed by atoms with Crippen LogP contribution in [0.15, 0.2) is 47.4 Å². The standard InChI is InChI=1S/C17H14F3N3O4S2/c1-23(2)29(25,26)12-5-3-4-10(8-12)15(24)22-16-21-13-7-6-11(9-14(13)28-16)27-17(18,19)20/h3-9H,1-2H3,(H,21,22,24). The summed E-state index contributed by atoms with van der Waals surface area (Å²) in [5, 5.41) is 2.67. The van der Waals surface area contributed by atoms with Crippen LogP contribution in [0.4, 0.5) is 18.3 Å². The molecule has 3 aromatic rings. The molecule has 12 heteroatoms. The van der Waals surface area contributed by atoms with E-state index in [0.29, 0.717) is 10.2 Å². The van der Waals surface area contributed by atoms with Gasteiger partial charge in [-0.15, -0.1) is 13.2 Å². The Morgan fingerprint density at radius 3 is 2.55 bits per heavy atom. The molecule has 0 unspecified atom stereocenters. The Kier molecular flexibility index (Phi) is 5.52. The number of hydrogen-bond donors (Lipinski definition) is 1. The van der Waals surface area contributed by atoms with Crippen LogP contribution in [-0.2, 0) is 10.0 Å². The van der Waals surface area contributed by atoms with Crippen LogP contribution in [0.3, 0.4) is 0 Å². The summed E-state index contributed by atoms with van der Waals surface area (Å²) >= 11 is 0.958. The molecule has 0 bridgehead atoms. The molecule has 1 amide bonds. The number of hydrogen-bond acceptors (Lipinski definition) is 6. The van der Waals surface area contributed by atoms with Gasteiger partial charge in [0, 0.05) is 25.7 Å². The fourth-order valence-electron chi connectivity index (χ4n) is 2.33. The van der Waals surface area contributed by atoms with Crippen molar-refractivity contribution >= 4 is 42.6 Å². The van der Waals surface area contributed by atoms with E-state index in [1.165, 1.54) is 50.5 Å². The van der Waals surface area contributed by atoms with Crippen molar-refractivity contribution in [1.29, 1.82) is 0 Å². The van der Waals surface area contributed by atoms with Crippen molar-refractivity contribution in [2.45, 2.75) is 11.3 Å². The summed E-state index contributed by atoms with van der Waals surface area (Å²) < 4.78 is 66.7. The lowest BCUT2D eigenvalue weighted by atomic mass is 10.2. The number of amides is 1. The molecule has 154 valence electrons. The van der Waals surface area contributed by atoms with Crippen LogP contribution in [-0.4, -0.2) is 44.1 Å². The highest BCUT2D eigenvalue weighted by molar-refractivity contribution is 7.89. The van der Waals surface area contributed by atoms with Crippen molar-refractivity contribution < 1.29 is 31.1 Å². The lowest BCUT2D eigenvalue weighted by Crippen LogP contribution is -2.22. The maximum atomic E-state index is 12.5. The molecule has 0 aliphatic heterocycles. The molecular formula is C17H14F3N3O4S2. The van der Waals surface area contributed by atoms with Crippen LogP contribution < -0.4 is 10.1 Å². The number of alkyl halides is 3. The van der Waals surface area contributed by atoms with Gasteiger partial charge in [-0.1, -0.05) is 17.4 Å². The first-order valence-corrected chi connectivity index (χ1v) is 10.2. The summed E-state index contributed by atoms with van der Waals surface area (Å²) in [7, 11) is -0.962. The largest absolute Gasteiger partial charge is 0.573 e. The van der Waals surface area contributed by atoms with E-state index < -0.39 is 28.0 Å². The first-order chi connectivity index (χ1) is 13.5. The number of ether oxygens (including phenoxy) is 1. The number of halogens is 3. The molecule has 1 N–H and O–H groups in total. The highest BCUT2D eigenvalue weighted by atomic mass is 32.2. The number of rotatable bonds is 5. The molecule has 0 saturated carbocycles. The molecule has 29 heavy (non-hydrogen) atoms. The number of nitrogens with one attached hydrogen (secondary N) is 1. The Balaban J connectivity index is 1.83. The number of aromatic nitrogens is 1. The van der Waals surface area contributed by atoms with E-state index in [0.717, 1.165) is 21.7 Å². The highest BCUT2D eigenvalue weighted by Gasteiger charge is 2.31. The van der Waals surface area contributed by atoms with E-state index in [2.05, 4.69) is 15.0 Å². The second-order valence-corrected chi connectivity index (χ2v) is 9.15. The summed E-state index contributed by atoms with van der Waals surface area (Å²) in [4.78, 5) is 16.6. The monoisotopic (exact) mass is 445 g/mol. The number of nitrogens with zero attached hydrogens (tertiary/aromatic N) is 2. The predicted octanol–water partition coefficient (Wildman–Crippen LogP) is 3.70. The zero-order valence-corrected chi connectivity index (χ0v) is 16.7. The van der Waals surface area contributed by atoms with Crippen LogP contribution >= 0.6 is 11.3 Å². The van der Waals surface area contributed by atoms with Gasteiger partial charge in [0.1, 0.15) is 5.75 Å². The molecule has 1 heterocycles. The number of carbonyl (C=O) groups excluding carboxylic acids is 1. The maximum Gasteiger partial charge on any atom is 0.573 e. The zero-order valence-electron chi connectivity index (χ0n) is 15.0. The summed E-state index contributed by atoms with van der Waals surface area (Å²) in [6, 6.07) is 9.10. The molecular weight excluding hydrogens is 431 g/mol. The number of fused-ring (bicyclic) bond motifs is 1. The Bertz CT molecular complexity index is 1170. The normalized spacial score (nSPS) is 12.3. The van der Waals surface area contributed by atoms with Crippen molar-refractivity contribution in [3.05, 3.63) is 48.0 Å². The minimum absolute atomic E-state index is 0.0478. The first kappa shape index (κ1) is 21.0. The van der Waals surface area contributed by atoms with Crippen molar-refractivity contribution in [3.8, 4) is 5.75 Å². The Morgan fingerprint density at radius 1 is 1.17 bits per heavy atom. The lowest BCUT2D eigenvalue weighted by molar-refractivity contribution is -0.274. The second-order valence-electron chi connectivity index (χ2n) is 5.97. The van der Waals surface area contributed by atoms with Crippen LogP contribution in [0.25, 0.3) is 10.2 Å². The van der Waals surface area contributed by atoms with Crippen molar-refractivity contribution in [1.82, 2.24) is 9.29 Å². The summed E-state index contributed by atoms with van der Waals surface area (Å²) in [6.07, 6.45) is -4.81. The van der Waals surface area contributed by atoms with E-state index in [4.69, 9.17) is 0 Å². The molecule has 0 atom stereocenters. The SMILES string of the molecule is CN(C)S(=O)(=O)c1cccc(C(=O)Nc2nc3ccc(OC(F)(F)F)cc3s2)c1. The van der Waals surface area contributed by atoms with Gasteiger partial charge in [0.2, 0.25) is 10.0 Å². The topological polar surface area (TPSA) is 88.6 Å². The molecule has 2 aromatic carbocycles. The van der Waals surface area contributed by atoms with Gasteiger partial charge >= 0.3 is 6.36 Å². The summed E-state index contributed by atoms with van der Waals surface area (Å²) in [5.74, 6) is -1.00. The van der Waals surface area contributed by atoms with E-state index in [1.54, 1.807) is 0 Å².